The monoisotopic (exact) mass is 253 g/mol. The molecule has 0 saturated carbocycles. The third-order valence-electron chi connectivity index (χ3n) is 2.38. The first kappa shape index (κ1) is 13.8. The average molecular weight is 253 g/mol. The van der Waals surface area contributed by atoms with Crippen LogP contribution in [0.25, 0.3) is 0 Å². The molecule has 0 aromatic heterocycles. The Balaban J connectivity index is 2.88. The molecule has 18 heavy (non-hydrogen) atoms. The molecule has 0 radical (unpaired) electrons. The van der Waals surface area contributed by atoms with Gasteiger partial charge in [-0.1, -0.05) is 13.0 Å². The molecule has 0 aliphatic rings. The summed E-state index contributed by atoms with van der Waals surface area (Å²) in [7, 11) is 0. The normalized spacial score (nSPS) is 11.7. The second kappa shape index (κ2) is 5.90. The summed E-state index contributed by atoms with van der Waals surface area (Å²) in [5.74, 6) is -1.74. The van der Waals surface area contributed by atoms with E-state index in [-0.39, 0.29) is 17.4 Å². The number of ether oxygens (including phenoxy) is 1. The van der Waals surface area contributed by atoms with Crippen molar-refractivity contribution in [2.75, 3.05) is 5.32 Å². The largest absolute Gasteiger partial charge is 0.507 e. The topological polar surface area (TPSA) is 95.9 Å². The van der Waals surface area contributed by atoms with Gasteiger partial charge in [0.25, 0.3) is 0 Å². The molecule has 1 aromatic carbocycles. The van der Waals surface area contributed by atoms with E-state index in [0.29, 0.717) is 6.42 Å². The van der Waals surface area contributed by atoms with Crippen LogP contribution in [0.15, 0.2) is 18.2 Å². The van der Waals surface area contributed by atoms with E-state index in [0.717, 1.165) is 0 Å². The summed E-state index contributed by atoms with van der Waals surface area (Å²) < 4.78 is 4.95. The number of nitrogens with one attached hydrogen (secondary N) is 1. The Labute approximate surface area is 104 Å². The number of amides is 1. The molecule has 3 N–H and O–H groups in total. The Morgan fingerprint density at radius 1 is 1.44 bits per heavy atom. The van der Waals surface area contributed by atoms with Crippen molar-refractivity contribution in [3.63, 3.8) is 0 Å². The van der Waals surface area contributed by atoms with E-state index in [1.165, 1.54) is 18.2 Å². The molecule has 0 spiro atoms. The lowest BCUT2D eigenvalue weighted by molar-refractivity contribution is 0.0695. The lowest BCUT2D eigenvalue weighted by atomic mass is 10.1. The summed E-state index contributed by atoms with van der Waals surface area (Å²) in [4.78, 5) is 22.4. The highest BCUT2D eigenvalue weighted by molar-refractivity contribution is 6.01. The molecule has 0 saturated heterocycles. The lowest BCUT2D eigenvalue weighted by Crippen LogP contribution is -2.20. The fraction of sp³-hybridized carbons (Fsp3) is 0.333. The number of anilines is 1. The van der Waals surface area contributed by atoms with Crippen LogP contribution in [0.1, 0.15) is 30.6 Å². The molecule has 6 heteroatoms. The summed E-state index contributed by atoms with van der Waals surface area (Å²) in [6.07, 6.45) is -0.368. The minimum Gasteiger partial charge on any atom is -0.507 e. The number of carboxylic acids is 1. The summed E-state index contributed by atoms with van der Waals surface area (Å²) in [5, 5.41) is 20.7. The van der Waals surface area contributed by atoms with Gasteiger partial charge < -0.3 is 14.9 Å². The molecule has 1 rings (SSSR count). The van der Waals surface area contributed by atoms with Crippen molar-refractivity contribution in [1.82, 2.24) is 0 Å². The van der Waals surface area contributed by atoms with E-state index in [1.807, 2.05) is 6.92 Å². The van der Waals surface area contributed by atoms with Gasteiger partial charge in [-0.15, -0.1) is 0 Å². The highest BCUT2D eigenvalue weighted by Crippen LogP contribution is 2.25. The Bertz CT molecular complexity index is 458. The number of aromatic hydroxyl groups is 1. The van der Waals surface area contributed by atoms with E-state index in [2.05, 4.69) is 5.32 Å². The van der Waals surface area contributed by atoms with E-state index >= 15 is 0 Å². The number of hydrogen-bond acceptors (Lipinski definition) is 4. The number of phenols is 1. The Kier molecular flexibility index (Phi) is 4.53. The predicted molar refractivity (Wildman–Crippen MR) is 64.9 cm³/mol. The second-order valence-electron chi connectivity index (χ2n) is 3.75. The predicted octanol–water partition coefficient (Wildman–Crippen LogP) is 2.44. The first-order valence-electron chi connectivity index (χ1n) is 5.48. The Hall–Kier alpha value is -2.24. The van der Waals surface area contributed by atoms with Crippen LogP contribution in [0.3, 0.4) is 0 Å². The number of carbonyl (C=O) groups excluding carboxylic acids is 1. The van der Waals surface area contributed by atoms with E-state index in [4.69, 9.17) is 9.84 Å². The van der Waals surface area contributed by atoms with E-state index in [9.17, 15) is 14.7 Å². The van der Waals surface area contributed by atoms with E-state index in [1.54, 1.807) is 6.92 Å². The maximum Gasteiger partial charge on any atom is 0.411 e. The molecule has 0 heterocycles. The van der Waals surface area contributed by atoms with Crippen molar-refractivity contribution in [3.8, 4) is 5.75 Å². The third kappa shape index (κ3) is 3.38. The third-order valence-corrected chi connectivity index (χ3v) is 2.38. The van der Waals surface area contributed by atoms with Gasteiger partial charge in [0.15, 0.2) is 0 Å². The van der Waals surface area contributed by atoms with Crippen LogP contribution in [0, 0.1) is 0 Å². The molecule has 98 valence electrons. The number of carboxylic acid groups (broad SMARTS) is 1. The minimum absolute atomic E-state index is 0.00389. The van der Waals surface area contributed by atoms with Crippen molar-refractivity contribution in [1.29, 1.82) is 0 Å². The Morgan fingerprint density at radius 2 is 2.11 bits per heavy atom. The van der Waals surface area contributed by atoms with Gasteiger partial charge in [-0.25, -0.2) is 9.59 Å². The van der Waals surface area contributed by atoms with Crippen molar-refractivity contribution >= 4 is 17.7 Å². The van der Waals surface area contributed by atoms with Crippen molar-refractivity contribution in [2.45, 2.75) is 26.4 Å². The van der Waals surface area contributed by atoms with Gasteiger partial charge >= 0.3 is 12.1 Å². The molecule has 1 amide bonds. The second-order valence-corrected chi connectivity index (χ2v) is 3.75. The molecule has 0 aliphatic heterocycles. The average Bonchev–Trinajstić information content (AvgIpc) is 2.28. The molecule has 1 unspecified atom stereocenters. The van der Waals surface area contributed by atoms with Crippen molar-refractivity contribution in [2.24, 2.45) is 0 Å². The number of hydrogen-bond donors (Lipinski definition) is 3. The molecule has 1 aromatic rings. The number of rotatable bonds is 4. The molecule has 6 nitrogen and oxygen atoms in total. The maximum atomic E-state index is 11.5. The highest BCUT2D eigenvalue weighted by Gasteiger charge is 2.17. The smallest absolute Gasteiger partial charge is 0.411 e. The first-order chi connectivity index (χ1) is 8.45. The summed E-state index contributed by atoms with van der Waals surface area (Å²) >= 11 is 0. The van der Waals surface area contributed by atoms with Crippen molar-refractivity contribution < 1.29 is 24.5 Å². The Morgan fingerprint density at radius 3 is 2.67 bits per heavy atom. The van der Waals surface area contributed by atoms with Gasteiger partial charge in [-0.2, -0.15) is 0 Å². The molecule has 1 atom stereocenters. The quantitative estimate of drug-likeness (QED) is 0.765. The minimum atomic E-state index is -1.33. The fourth-order valence-corrected chi connectivity index (χ4v) is 1.27. The van der Waals surface area contributed by atoms with Crippen LogP contribution < -0.4 is 5.32 Å². The molecular weight excluding hydrogens is 238 g/mol. The summed E-state index contributed by atoms with van der Waals surface area (Å²) in [6.45, 7) is 3.58. The molecule has 0 aliphatic carbocycles. The zero-order valence-corrected chi connectivity index (χ0v) is 10.1. The molecular formula is C12H15NO5. The van der Waals surface area contributed by atoms with Gasteiger partial charge in [-0.05, 0) is 25.5 Å². The molecule has 0 fully saturated rings. The van der Waals surface area contributed by atoms with Gasteiger partial charge in [0.1, 0.15) is 17.4 Å². The summed E-state index contributed by atoms with van der Waals surface area (Å²) in [6, 6.07) is 4.04. The van der Waals surface area contributed by atoms with Crippen LogP contribution in [-0.2, 0) is 4.74 Å². The van der Waals surface area contributed by atoms with Gasteiger partial charge in [0.05, 0.1) is 5.69 Å². The highest BCUT2D eigenvalue weighted by atomic mass is 16.6. The maximum absolute atomic E-state index is 11.5. The molecule has 0 bridgehead atoms. The fourth-order valence-electron chi connectivity index (χ4n) is 1.27. The number of carbonyl (C=O) groups is 2. The van der Waals surface area contributed by atoms with Gasteiger partial charge in [0.2, 0.25) is 0 Å². The first-order valence-corrected chi connectivity index (χ1v) is 5.48. The van der Waals surface area contributed by atoms with Gasteiger partial charge in [0, 0.05) is 0 Å². The number of aromatic carboxylic acids is 1. The van der Waals surface area contributed by atoms with E-state index < -0.39 is 17.8 Å². The zero-order valence-electron chi connectivity index (χ0n) is 10.1. The standard InChI is InChI=1S/C12H15NO5/c1-3-7(2)18-12(17)13-8-5-4-6-9(14)10(8)11(15)16/h4-7,14H,3H2,1-2H3,(H,13,17)(H,15,16). The SMILES string of the molecule is CCC(C)OC(=O)Nc1cccc(O)c1C(=O)O. The van der Waals surface area contributed by atoms with Crippen LogP contribution in [0.2, 0.25) is 0 Å². The van der Waals surface area contributed by atoms with Crippen molar-refractivity contribution in [3.05, 3.63) is 23.8 Å². The van der Waals surface area contributed by atoms with Crippen LogP contribution >= 0.6 is 0 Å². The van der Waals surface area contributed by atoms with Crippen LogP contribution in [0.4, 0.5) is 10.5 Å². The summed E-state index contributed by atoms with van der Waals surface area (Å²) in [5.41, 5.74) is -0.366. The van der Waals surface area contributed by atoms with Crippen LogP contribution in [0.5, 0.6) is 5.75 Å². The van der Waals surface area contributed by atoms with Gasteiger partial charge in [-0.3, -0.25) is 5.32 Å². The number of benzene rings is 1. The lowest BCUT2D eigenvalue weighted by Gasteiger charge is -2.13. The van der Waals surface area contributed by atoms with Crippen LogP contribution in [-0.4, -0.2) is 28.4 Å². The zero-order chi connectivity index (χ0) is 13.7.